The highest BCUT2D eigenvalue weighted by Crippen LogP contribution is 2.28. The Morgan fingerprint density at radius 1 is 0.966 bits per heavy atom. The molecule has 146 valence electrons. The highest BCUT2D eigenvalue weighted by atomic mass is 15.3. The van der Waals surface area contributed by atoms with Crippen LogP contribution in [0.5, 0.6) is 0 Å². The molecule has 1 aromatic carbocycles. The summed E-state index contributed by atoms with van der Waals surface area (Å²) in [5, 5.41) is 12.6. The molecule has 2 N–H and O–H groups in total. The number of aromatic nitrogens is 5. The topological polar surface area (TPSA) is 83.8 Å². The number of rotatable bonds is 4. The molecule has 4 heterocycles. The quantitative estimate of drug-likeness (QED) is 0.558. The molecule has 0 amide bonds. The van der Waals surface area contributed by atoms with Crippen molar-refractivity contribution in [3.8, 4) is 5.69 Å². The Bertz CT molecular complexity index is 1100. The maximum atomic E-state index is 4.84. The van der Waals surface area contributed by atoms with Gasteiger partial charge in [-0.15, -0.1) is 5.10 Å². The number of nitrogens with one attached hydrogen (secondary N) is 2. The van der Waals surface area contributed by atoms with Crippen molar-refractivity contribution in [1.29, 1.82) is 0 Å². The molecule has 1 saturated heterocycles. The molecule has 5 rings (SSSR count). The van der Waals surface area contributed by atoms with Crippen molar-refractivity contribution in [1.82, 2.24) is 30.0 Å². The normalized spacial score (nSPS) is 14.7. The summed E-state index contributed by atoms with van der Waals surface area (Å²) in [4.78, 5) is 15.4. The number of fused-ring (bicyclic) bond motifs is 1. The van der Waals surface area contributed by atoms with E-state index in [9.17, 15) is 0 Å². The molecule has 0 atom stereocenters. The number of hydrogen-bond donors (Lipinski definition) is 2. The number of anilines is 3. The molecule has 29 heavy (non-hydrogen) atoms. The van der Waals surface area contributed by atoms with Gasteiger partial charge < -0.3 is 15.5 Å². The fourth-order valence-electron chi connectivity index (χ4n) is 3.63. The zero-order valence-electron chi connectivity index (χ0n) is 16.0. The highest BCUT2D eigenvalue weighted by Gasteiger charge is 2.15. The Hall–Kier alpha value is -3.52. The van der Waals surface area contributed by atoms with Crippen LogP contribution < -0.4 is 15.5 Å². The maximum absolute atomic E-state index is 4.84. The average molecular weight is 386 g/mol. The lowest BCUT2D eigenvalue weighted by Crippen LogP contribution is -2.28. The molecule has 0 bridgehead atoms. The third-order valence-electron chi connectivity index (χ3n) is 5.03. The minimum Gasteiger partial charge on any atom is -0.355 e. The van der Waals surface area contributed by atoms with Crippen LogP contribution in [0.1, 0.15) is 6.42 Å². The second-order valence-electron chi connectivity index (χ2n) is 6.96. The van der Waals surface area contributed by atoms with Crippen molar-refractivity contribution in [2.24, 2.45) is 0 Å². The molecule has 1 aliphatic heterocycles. The highest BCUT2D eigenvalue weighted by molar-refractivity contribution is 5.92. The first-order chi connectivity index (χ1) is 14.4. The Balaban J connectivity index is 1.54. The fraction of sp³-hybridized carbons (Fsp3) is 0.238. The summed E-state index contributed by atoms with van der Waals surface area (Å²) in [5.74, 6) is 2.39. The van der Waals surface area contributed by atoms with E-state index in [-0.39, 0.29) is 0 Å². The summed E-state index contributed by atoms with van der Waals surface area (Å²) in [6.07, 6.45) is 7.97. The lowest BCUT2D eigenvalue weighted by atomic mass is 10.2. The smallest absolute Gasteiger partial charge is 0.162 e. The van der Waals surface area contributed by atoms with Crippen LogP contribution in [0.2, 0.25) is 0 Å². The Labute approximate surface area is 168 Å². The first-order valence-corrected chi connectivity index (χ1v) is 9.81. The van der Waals surface area contributed by atoms with E-state index in [0.717, 1.165) is 60.8 Å². The third-order valence-corrected chi connectivity index (χ3v) is 5.03. The van der Waals surface area contributed by atoms with Crippen LogP contribution in [0.4, 0.5) is 17.5 Å². The molecule has 0 saturated carbocycles. The van der Waals surface area contributed by atoms with Gasteiger partial charge in [0.2, 0.25) is 0 Å². The van der Waals surface area contributed by atoms with E-state index < -0.39 is 0 Å². The average Bonchev–Trinajstić information content (AvgIpc) is 2.94. The molecule has 0 spiro atoms. The zero-order valence-corrected chi connectivity index (χ0v) is 16.0. The van der Waals surface area contributed by atoms with E-state index in [1.54, 1.807) is 18.6 Å². The predicted octanol–water partition coefficient (Wildman–Crippen LogP) is 2.75. The molecule has 8 nitrogen and oxygen atoms in total. The Morgan fingerprint density at radius 3 is 2.86 bits per heavy atom. The van der Waals surface area contributed by atoms with Crippen LogP contribution in [0.25, 0.3) is 16.6 Å². The van der Waals surface area contributed by atoms with Crippen LogP contribution in [0, 0.1) is 0 Å². The first-order valence-electron chi connectivity index (χ1n) is 9.81. The number of pyridine rings is 1. The van der Waals surface area contributed by atoms with Crippen molar-refractivity contribution < 1.29 is 0 Å². The number of para-hydroxylation sites is 1. The van der Waals surface area contributed by atoms with Crippen molar-refractivity contribution in [3.05, 3.63) is 61.2 Å². The van der Waals surface area contributed by atoms with Crippen LogP contribution >= 0.6 is 0 Å². The molecular formula is C21H22N8. The summed E-state index contributed by atoms with van der Waals surface area (Å²) in [5.41, 5.74) is 2.00. The Morgan fingerprint density at radius 2 is 1.93 bits per heavy atom. The Kier molecular flexibility index (Phi) is 4.75. The van der Waals surface area contributed by atoms with Gasteiger partial charge in [-0.05, 0) is 31.2 Å². The molecule has 8 heteroatoms. The summed E-state index contributed by atoms with van der Waals surface area (Å²) in [7, 11) is 0. The second-order valence-corrected chi connectivity index (χ2v) is 6.96. The standard InChI is InChI=1S/C21H22N8/c1-2-5-18-17(4-1)21(26-19-15-23-9-10-24-19)27-29(18)16-6-8-25-20(14-16)28-12-3-7-22-11-13-28/h1-2,4-6,8-10,14-15,22H,3,7,11-13H2,(H,24,26,27). The summed E-state index contributed by atoms with van der Waals surface area (Å²) >= 11 is 0. The summed E-state index contributed by atoms with van der Waals surface area (Å²) in [6.45, 7) is 3.98. The van der Waals surface area contributed by atoms with Crippen molar-refractivity contribution in [3.63, 3.8) is 0 Å². The molecule has 0 unspecified atom stereocenters. The van der Waals surface area contributed by atoms with Gasteiger partial charge in [0.05, 0.1) is 17.4 Å². The lowest BCUT2D eigenvalue weighted by Gasteiger charge is -2.21. The monoisotopic (exact) mass is 386 g/mol. The van der Waals surface area contributed by atoms with E-state index in [2.05, 4.69) is 48.7 Å². The molecule has 1 aliphatic rings. The molecule has 1 fully saturated rings. The summed E-state index contributed by atoms with van der Waals surface area (Å²) in [6, 6.07) is 12.3. The van der Waals surface area contributed by atoms with Gasteiger partial charge in [0.15, 0.2) is 5.82 Å². The molecule has 4 aromatic rings. The van der Waals surface area contributed by atoms with E-state index in [1.165, 1.54) is 0 Å². The van der Waals surface area contributed by atoms with E-state index in [4.69, 9.17) is 5.10 Å². The van der Waals surface area contributed by atoms with Crippen molar-refractivity contribution in [2.45, 2.75) is 6.42 Å². The van der Waals surface area contributed by atoms with E-state index in [0.29, 0.717) is 5.82 Å². The van der Waals surface area contributed by atoms with Gasteiger partial charge in [0.25, 0.3) is 0 Å². The minimum atomic E-state index is 0.662. The molecular weight excluding hydrogens is 364 g/mol. The first kappa shape index (κ1) is 17.6. The van der Waals surface area contributed by atoms with Gasteiger partial charge in [-0.2, -0.15) is 0 Å². The number of nitrogens with zero attached hydrogens (tertiary/aromatic N) is 6. The third kappa shape index (κ3) is 3.62. The van der Waals surface area contributed by atoms with Crippen LogP contribution in [-0.2, 0) is 0 Å². The number of hydrogen-bond acceptors (Lipinski definition) is 7. The van der Waals surface area contributed by atoms with Crippen LogP contribution in [-0.4, -0.2) is 50.9 Å². The van der Waals surface area contributed by atoms with Gasteiger partial charge in [-0.1, -0.05) is 12.1 Å². The fourth-order valence-corrected chi connectivity index (χ4v) is 3.63. The summed E-state index contributed by atoms with van der Waals surface area (Å²) < 4.78 is 1.95. The van der Waals surface area contributed by atoms with Gasteiger partial charge in [-0.25, -0.2) is 14.6 Å². The maximum Gasteiger partial charge on any atom is 0.162 e. The van der Waals surface area contributed by atoms with Crippen LogP contribution in [0.3, 0.4) is 0 Å². The molecule has 0 aliphatic carbocycles. The van der Waals surface area contributed by atoms with Gasteiger partial charge in [0.1, 0.15) is 11.6 Å². The zero-order chi connectivity index (χ0) is 19.5. The van der Waals surface area contributed by atoms with Crippen LogP contribution in [0.15, 0.2) is 61.2 Å². The van der Waals surface area contributed by atoms with Crippen molar-refractivity contribution >= 4 is 28.4 Å². The number of benzene rings is 1. The minimum absolute atomic E-state index is 0.662. The van der Waals surface area contributed by atoms with Crippen molar-refractivity contribution in [2.75, 3.05) is 36.4 Å². The lowest BCUT2D eigenvalue weighted by molar-refractivity contribution is 0.724. The SMILES string of the molecule is c1ccc2c(c1)c(Nc1cnccn1)nn2-c1ccnc(N2CCCNCC2)c1. The van der Waals surface area contributed by atoms with E-state index >= 15 is 0 Å². The largest absolute Gasteiger partial charge is 0.355 e. The second kappa shape index (κ2) is 7.84. The molecule has 0 radical (unpaired) electrons. The predicted molar refractivity (Wildman–Crippen MR) is 114 cm³/mol. The van der Waals surface area contributed by atoms with Gasteiger partial charge in [-0.3, -0.25) is 4.98 Å². The van der Waals surface area contributed by atoms with E-state index in [1.807, 2.05) is 29.1 Å². The van der Waals surface area contributed by atoms with Gasteiger partial charge >= 0.3 is 0 Å². The molecule has 3 aromatic heterocycles. The van der Waals surface area contributed by atoms with Gasteiger partial charge in [0, 0.05) is 49.7 Å².